The van der Waals surface area contributed by atoms with Gasteiger partial charge < -0.3 is 10.1 Å². The van der Waals surface area contributed by atoms with Gasteiger partial charge in [0.1, 0.15) is 0 Å². The first-order chi connectivity index (χ1) is 17.5. The molecule has 204 valence electrons. The minimum Gasteiger partial charge on any atom is -0.350 e. The first-order valence-electron chi connectivity index (χ1n) is 14.5. The van der Waals surface area contributed by atoms with Crippen LogP contribution in [0.25, 0.3) is 4.85 Å². The molecule has 5 nitrogen and oxygen atoms in total. The van der Waals surface area contributed by atoms with E-state index >= 15 is 0 Å². The number of allylic oxidation sites excluding steroid dienone is 4. The van der Waals surface area contributed by atoms with Crippen molar-refractivity contribution in [2.24, 2.45) is 33.0 Å². The lowest BCUT2D eigenvalue weighted by molar-refractivity contribution is -0.134. The second kappa shape index (κ2) is 8.15. The number of nitrogens with one attached hydrogen (secondary N) is 1. The molecule has 5 heteroatoms. The molecule has 0 saturated heterocycles. The largest absolute Gasteiger partial charge is 0.350 e. The minimum atomic E-state index is -0.659. The van der Waals surface area contributed by atoms with Gasteiger partial charge in [-0.1, -0.05) is 67.0 Å². The predicted molar refractivity (Wildman–Crippen MR) is 148 cm³/mol. The van der Waals surface area contributed by atoms with Gasteiger partial charge in [-0.05, 0) is 73.2 Å². The zero-order valence-electron chi connectivity index (χ0n) is 24.6. The van der Waals surface area contributed by atoms with E-state index in [1.807, 2.05) is 32.9 Å². The standard InChI is InChI=1S/C33H44N2O3/c1-10-25(37)35-33-15-13-28(2,3)18-20(33)26-22(36)17-24-30(6)19-21(34-9)27(38)29(4,5)23(30)11-12-31(24,7)32(26,8)14-16-33/h17,19,23H,10-16,18H2,1-8H3,(H,35,37)/t23-,30-,31+,32+,33-/m0/s1. The fourth-order valence-electron chi connectivity index (χ4n) is 9.44. The van der Waals surface area contributed by atoms with E-state index in [2.05, 4.69) is 44.8 Å². The summed E-state index contributed by atoms with van der Waals surface area (Å²) in [5.74, 6) is 2.18. The molecule has 3 saturated carbocycles. The third-order valence-electron chi connectivity index (χ3n) is 11.9. The molecule has 0 aromatic carbocycles. The molecule has 3 fully saturated rings. The average Bonchev–Trinajstić information content (AvgIpc) is 2.83. The van der Waals surface area contributed by atoms with Gasteiger partial charge in [0, 0.05) is 28.7 Å². The van der Waals surface area contributed by atoms with Crippen LogP contribution in [0.1, 0.15) is 107 Å². The molecule has 38 heavy (non-hydrogen) atoms. The Morgan fingerprint density at radius 3 is 2.29 bits per heavy atom. The fourth-order valence-corrected chi connectivity index (χ4v) is 9.44. The second-order valence-corrected chi connectivity index (χ2v) is 14.8. The van der Waals surface area contributed by atoms with Crippen LogP contribution in [0.15, 0.2) is 23.4 Å². The van der Waals surface area contributed by atoms with Crippen molar-refractivity contribution in [2.45, 2.75) is 112 Å². The number of hydrogen-bond donors (Lipinski definition) is 1. The zero-order chi connectivity index (χ0) is 28.1. The maximum absolute atomic E-state index is 14.4. The lowest BCUT2D eigenvalue weighted by Gasteiger charge is -2.69. The van der Waals surface area contributed by atoms with Gasteiger partial charge in [0.25, 0.3) is 0 Å². The van der Waals surface area contributed by atoms with E-state index < -0.39 is 16.4 Å². The van der Waals surface area contributed by atoms with Crippen LogP contribution in [0.4, 0.5) is 0 Å². The Morgan fingerprint density at radius 2 is 1.66 bits per heavy atom. The van der Waals surface area contributed by atoms with Crippen LogP contribution in [0, 0.1) is 51.4 Å². The Balaban J connectivity index is 1.68. The number of Topliss-reactive ketones (excluding diaryl/α,β-unsaturated/α-hetero) is 1. The summed E-state index contributed by atoms with van der Waals surface area (Å²) in [7, 11) is 0. The Kier molecular flexibility index (Phi) is 5.87. The molecule has 0 aliphatic heterocycles. The van der Waals surface area contributed by atoms with Crippen molar-refractivity contribution < 1.29 is 14.4 Å². The second-order valence-electron chi connectivity index (χ2n) is 14.8. The number of carbonyl (C=O) groups is 3. The molecule has 2 radical (unpaired) electrons. The van der Waals surface area contributed by atoms with Gasteiger partial charge in [0.15, 0.2) is 11.6 Å². The Morgan fingerprint density at radius 1 is 1.00 bits per heavy atom. The number of amides is 1. The number of nitrogens with zero attached hydrogens (tertiary/aromatic N) is 1. The third kappa shape index (κ3) is 3.37. The molecule has 0 unspecified atom stereocenters. The van der Waals surface area contributed by atoms with Gasteiger partial charge in [-0.25, -0.2) is 4.85 Å². The van der Waals surface area contributed by atoms with Crippen molar-refractivity contribution in [3.63, 3.8) is 0 Å². The summed E-state index contributed by atoms with van der Waals surface area (Å²) >= 11 is 0. The fraction of sp³-hybridized carbons (Fsp3) is 0.697. The normalized spacial score (nSPS) is 41.9. The molecule has 5 aliphatic carbocycles. The summed E-state index contributed by atoms with van der Waals surface area (Å²) < 4.78 is 0. The highest BCUT2D eigenvalue weighted by atomic mass is 16.2. The molecule has 0 aromatic rings. The maximum Gasteiger partial charge on any atom is 0.226 e. The van der Waals surface area contributed by atoms with Crippen molar-refractivity contribution in [1.29, 1.82) is 0 Å². The van der Waals surface area contributed by atoms with E-state index in [4.69, 9.17) is 6.57 Å². The topological polar surface area (TPSA) is 67.6 Å². The van der Waals surface area contributed by atoms with E-state index in [1.165, 1.54) is 0 Å². The molecule has 0 aromatic heterocycles. The molecular weight excluding hydrogens is 472 g/mol. The highest BCUT2D eigenvalue weighted by Crippen LogP contribution is 2.74. The quantitative estimate of drug-likeness (QED) is 0.413. The molecule has 1 N–H and O–H groups in total. The molecule has 5 aliphatic rings. The molecule has 0 heterocycles. The van der Waals surface area contributed by atoms with Crippen LogP contribution in [-0.4, -0.2) is 23.0 Å². The molecule has 5 rings (SSSR count). The predicted octanol–water partition coefficient (Wildman–Crippen LogP) is 6.75. The highest BCUT2D eigenvalue weighted by molar-refractivity contribution is 6.08. The smallest absolute Gasteiger partial charge is 0.226 e. The van der Waals surface area contributed by atoms with Crippen molar-refractivity contribution in [1.82, 2.24) is 5.32 Å². The van der Waals surface area contributed by atoms with E-state index in [-0.39, 0.29) is 45.3 Å². The van der Waals surface area contributed by atoms with E-state index in [1.54, 1.807) is 0 Å². The van der Waals surface area contributed by atoms with Crippen LogP contribution >= 0.6 is 0 Å². The van der Waals surface area contributed by atoms with E-state index in [9.17, 15) is 14.4 Å². The summed E-state index contributed by atoms with van der Waals surface area (Å²) in [5.41, 5.74) is -0.910. The number of ketones is 2. The van der Waals surface area contributed by atoms with Crippen LogP contribution in [-0.2, 0) is 14.4 Å². The SMILES string of the molecule is [C-]#[N+]C1=C[C@]2(C)C3=CC(=O)[C]4[C]5CC(C)(C)CC[C@]5(NC(=O)CC)CC[C@@]4(C)[C@]3(C)CC[C@H]2C(C)(C)C1=O. The van der Waals surface area contributed by atoms with Gasteiger partial charge in [-0.15, -0.1) is 0 Å². The number of fused-ring (bicyclic) bond motifs is 7. The summed E-state index contributed by atoms with van der Waals surface area (Å²) in [6.07, 6.45) is 10.4. The third-order valence-corrected chi connectivity index (χ3v) is 11.9. The van der Waals surface area contributed by atoms with Crippen LogP contribution < -0.4 is 5.32 Å². The Bertz CT molecular complexity index is 1220. The zero-order valence-corrected chi connectivity index (χ0v) is 24.6. The van der Waals surface area contributed by atoms with Gasteiger partial charge >= 0.3 is 0 Å². The van der Waals surface area contributed by atoms with E-state index in [0.29, 0.717) is 6.42 Å². The number of rotatable bonds is 2. The minimum absolute atomic E-state index is 0.0399. The lowest BCUT2D eigenvalue weighted by Crippen LogP contribution is -2.68. The van der Waals surface area contributed by atoms with Crippen LogP contribution in [0.3, 0.4) is 0 Å². The first kappa shape index (κ1) is 27.4. The molecule has 0 spiro atoms. The number of hydrogen-bond acceptors (Lipinski definition) is 3. The summed E-state index contributed by atoms with van der Waals surface area (Å²) in [6, 6.07) is 0. The Labute approximate surface area is 229 Å². The van der Waals surface area contributed by atoms with Crippen LogP contribution in [0.5, 0.6) is 0 Å². The van der Waals surface area contributed by atoms with Gasteiger partial charge in [-0.3, -0.25) is 9.59 Å². The Hall–Kier alpha value is -2.22. The van der Waals surface area contributed by atoms with Gasteiger partial charge in [0.2, 0.25) is 11.6 Å². The molecule has 1 amide bonds. The molecule has 0 bridgehead atoms. The van der Waals surface area contributed by atoms with Crippen LogP contribution in [0.2, 0.25) is 0 Å². The maximum atomic E-state index is 14.4. The average molecular weight is 517 g/mol. The van der Waals surface area contributed by atoms with E-state index in [0.717, 1.165) is 62.4 Å². The monoisotopic (exact) mass is 516 g/mol. The number of carbonyl (C=O) groups excluding carboxylic acids is 3. The van der Waals surface area contributed by atoms with Crippen molar-refractivity contribution >= 4 is 17.5 Å². The summed E-state index contributed by atoms with van der Waals surface area (Å²) in [6.45, 7) is 24.9. The highest BCUT2D eigenvalue weighted by Gasteiger charge is 2.70. The molecule has 5 atom stereocenters. The van der Waals surface area contributed by atoms with Crippen molar-refractivity contribution in [3.8, 4) is 0 Å². The van der Waals surface area contributed by atoms with Gasteiger partial charge in [-0.2, -0.15) is 0 Å². The lowest BCUT2D eigenvalue weighted by atomic mass is 9.35. The van der Waals surface area contributed by atoms with Crippen molar-refractivity contribution in [2.75, 3.05) is 0 Å². The molecular formula is C33H44N2O3. The summed E-state index contributed by atoms with van der Waals surface area (Å²) in [4.78, 5) is 44.0. The van der Waals surface area contributed by atoms with Gasteiger partial charge in [0.05, 0.1) is 12.5 Å². The summed E-state index contributed by atoms with van der Waals surface area (Å²) in [5, 5.41) is 3.41. The first-order valence-corrected chi connectivity index (χ1v) is 14.5. The van der Waals surface area contributed by atoms with Crippen molar-refractivity contribution in [3.05, 3.63) is 46.7 Å².